The smallest absolute Gasteiger partial charge is 0.137 e. The number of imidazole rings is 1. The van der Waals surface area contributed by atoms with Gasteiger partial charge in [-0.15, -0.1) is 0 Å². The van der Waals surface area contributed by atoms with Crippen LogP contribution >= 0.6 is 0 Å². The SMILES string of the molecule is CN1Cc2ccccc2C(NCc2cnc3ccc(C#N)cn23)C1. The summed E-state index contributed by atoms with van der Waals surface area (Å²) < 4.78 is 1.99. The minimum atomic E-state index is 0.296. The number of nitrogens with one attached hydrogen (secondary N) is 1. The van der Waals surface area contributed by atoms with Gasteiger partial charge in [0.25, 0.3) is 0 Å². The second-order valence-electron chi connectivity index (χ2n) is 6.34. The predicted octanol–water partition coefficient (Wildman–Crippen LogP) is 2.48. The lowest BCUT2D eigenvalue weighted by molar-refractivity contribution is 0.259. The summed E-state index contributed by atoms with van der Waals surface area (Å²) in [5.74, 6) is 0. The first-order valence-electron chi connectivity index (χ1n) is 8.10. The highest BCUT2D eigenvalue weighted by Gasteiger charge is 2.22. The van der Waals surface area contributed by atoms with Crippen LogP contribution in [0.4, 0.5) is 0 Å². The molecule has 5 nitrogen and oxygen atoms in total. The van der Waals surface area contributed by atoms with E-state index in [1.807, 2.05) is 22.9 Å². The molecular weight excluding hydrogens is 298 g/mol. The lowest BCUT2D eigenvalue weighted by atomic mass is 9.96. The molecule has 1 aromatic carbocycles. The fraction of sp³-hybridized carbons (Fsp3) is 0.263. The molecular formula is C19H19N5. The molecule has 5 heteroatoms. The number of nitrogens with zero attached hydrogens (tertiary/aromatic N) is 4. The minimum absolute atomic E-state index is 0.296. The van der Waals surface area contributed by atoms with Crippen molar-refractivity contribution in [3.05, 3.63) is 71.2 Å². The summed E-state index contributed by atoms with van der Waals surface area (Å²) in [6.07, 6.45) is 3.72. The summed E-state index contributed by atoms with van der Waals surface area (Å²) in [7, 11) is 2.15. The van der Waals surface area contributed by atoms with Crippen molar-refractivity contribution in [2.24, 2.45) is 0 Å². The highest BCUT2D eigenvalue weighted by molar-refractivity contribution is 5.44. The third kappa shape index (κ3) is 2.67. The molecule has 0 bridgehead atoms. The standard InChI is InChI=1S/C19H19N5/c1-23-12-15-4-2-3-5-17(15)18(13-23)21-9-16-10-22-19-7-6-14(8-20)11-24(16)19/h2-7,10-11,18,21H,9,12-13H2,1H3. The first kappa shape index (κ1) is 14.9. The van der Waals surface area contributed by atoms with Crippen LogP contribution in [0.2, 0.25) is 0 Å². The molecule has 2 aromatic heterocycles. The van der Waals surface area contributed by atoms with E-state index in [2.05, 4.69) is 52.6 Å². The first-order valence-corrected chi connectivity index (χ1v) is 8.10. The summed E-state index contributed by atoms with van der Waals surface area (Å²) in [5, 5.41) is 12.7. The lowest BCUT2D eigenvalue weighted by Crippen LogP contribution is -2.37. The number of likely N-dealkylation sites (N-methyl/N-ethyl adjacent to an activating group) is 1. The molecule has 1 aliphatic rings. The molecule has 3 heterocycles. The Morgan fingerprint density at radius 2 is 2.17 bits per heavy atom. The summed E-state index contributed by atoms with van der Waals surface area (Å²) in [4.78, 5) is 6.76. The molecule has 1 atom stereocenters. The lowest BCUT2D eigenvalue weighted by Gasteiger charge is -2.32. The maximum absolute atomic E-state index is 9.09. The monoisotopic (exact) mass is 317 g/mol. The molecule has 1 unspecified atom stereocenters. The van der Waals surface area contributed by atoms with E-state index in [9.17, 15) is 0 Å². The van der Waals surface area contributed by atoms with Crippen molar-refractivity contribution in [2.45, 2.75) is 19.1 Å². The first-order chi connectivity index (χ1) is 11.7. The molecule has 0 saturated carbocycles. The molecule has 0 fully saturated rings. The van der Waals surface area contributed by atoms with Gasteiger partial charge >= 0.3 is 0 Å². The van der Waals surface area contributed by atoms with Gasteiger partial charge < -0.3 is 14.6 Å². The van der Waals surface area contributed by atoms with Gasteiger partial charge in [-0.25, -0.2) is 4.98 Å². The molecule has 1 N–H and O–H groups in total. The van der Waals surface area contributed by atoms with Crippen LogP contribution in [0.15, 0.2) is 48.8 Å². The van der Waals surface area contributed by atoms with Crippen molar-refractivity contribution in [1.82, 2.24) is 19.6 Å². The highest BCUT2D eigenvalue weighted by Crippen LogP contribution is 2.25. The van der Waals surface area contributed by atoms with Gasteiger partial charge in [-0.05, 0) is 30.3 Å². The summed E-state index contributed by atoms with van der Waals surface area (Å²) >= 11 is 0. The molecule has 0 saturated heterocycles. The zero-order chi connectivity index (χ0) is 16.5. The van der Waals surface area contributed by atoms with E-state index in [-0.39, 0.29) is 0 Å². The van der Waals surface area contributed by atoms with Crippen molar-refractivity contribution in [3.8, 4) is 6.07 Å². The van der Waals surface area contributed by atoms with Gasteiger partial charge in [0.2, 0.25) is 0 Å². The van der Waals surface area contributed by atoms with Crippen molar-refractivity contribution < 1.29 is 0 Å². The Morgan fingerprint density at radius 3 is 3.04 bits per heavy atom. The number of rotatable bonds is 3. The van der Waals surface area contributed by atoms with Gasteiger partial charge in [-0.1, -0.05) is 24.3 Å². The molecule has 3 aromatic rings. The fourth-order valence-corrected chi connectivity index (χ4v) is 3.41. The number of benzene rings is 1. The Kier molecular flexibility index (Phi) is 3.77. The Labute approximate surface area is 141 Å². The largest absolute Gasteiger partial charge is 0.303 e. The van der Waals surface area contributed by atoms with Crippen LogP contribution in [0, 0.1) is 11.3 Å². The van der Waals surface area contributed by atoms with Gasteiger partial charge in [0.1, 0.15) is 11.7 Å². The highest BCUT2D eigenvalue weighted by atomic mass is 15.1. The summed E-state index contributed by atoms with van der Waals surface area (Å²) in [6, 6.07) is 14.8. The number of aromatic nitrogens is 2. The number of hydrogen-bond donors (Lipinski definition) is 1. The van der Waals surface area contributed by atoms with Crippen LogP contribution in [0.1, 0.15) is 28.4 Å². The topological polar surface area (TPSA) is 56.4 Å². The van der Waals surface area contributed by atoms with Crippen LogP contribution in [-0.4, -0.2) is 27.9 Å². The van der Waals surface area contributed by atoms with Crippen LogP contribution in [-0.2, 0) is 13.1 Å². The molecule has 24 heavy (non-hydrogen) atoms. The van der Waals surface area contributed by atoms with E-state index in [1.165, 1.54) is 11.1 Å². The molecule has 1 aliphatic heterocycles. The Morgan fingerprint density at radius 1 is 1.29 bits per heavy atom. The average molecular weight is 317 g/mol. The van der Waals surface area contributed by atoms with Gasteiger partial charge in [0.05, 0.1) is 17.5 Å². The molecule has 0 amide bonds. The van der Waals surface area contributed by atoms with Crippen LogP contribution in [0.3, 0.4) is 0 Å². The van der Waals surface area contributed by atoms with E-state index in [0.717, 1.165) is 24.4 Å². The maximum atomic E-state index is 9.09. The van der Waals surface area contributed by atoms with Crippen molar-refractivity contribution in [2.75, 3.05) is 13.6 Å². The van der Waals surface area contributed by atoms with Crippen molar-refractivity contribution in [1.29, 1.82) is 5.26 Å². The second-order valence-corrected chi connectivity index (χ2v) is 6.34. The second kappa shape index (κ2) is 6.08. The van der Waals surface area contributed by atoms with Crippen LogP contribution < -0.4 is 5.32 Å². The van der Waals surface area contributed by atoms with Crippen molar-refractivity contribution in [3.63, 3.8) is 0 Å². The zero-order valence-electron chi connectivity index (χ0n) is 13.6. The summed E-state index contributed by atoms with van der Waals surface area (Å²) in [5.41, 5.74) is 5.33. The maximum Gasteiger partial charge on any atom is 0.137 e. The quantitative estimate of drug-likeness (QED) is 0.806. The Hall–Kier alpha value is -2.68. The number of nitriles is 1. The molecule has 4 rings (SSSR count). The third-order valence-electron chi connectivity index (χ3n) is 4.61. The van der Waals surface area contributed by atoms with Gasteiger partial charge in [0.15, 0.2) is 0 Å². The van der Waals surface area contributed by atoms with Gasteiger partial charge in [-0.3, -0.25) is 0 Å². The van der Waals surface area contributed by atoms with E-state index in [1.54, 1.807) is 6.07 Å². The predicted molar refractivity (Wildman–Crippen MR) is 92.3 cm³/mol. The average Bonchev–Trinajstić information content (AvgIpc) is 3.01. The third-order valence-corrected chi connectivity index (χ3v) is 4.61. The van der Waals surface area contributed by atoms with Crippen molar-refractivity contribution >= 4 is 5.65 Å². The fourth-order valence-electron chi connectivity index (χ4n) is 3.41. The normalized spacial score (nSPS) is 17.6. The summed E-state index contributed by atoms with van der Waals surface area (Å²) in [6.45, 7) is 2.69. The van der Waals surface area contributed by atoms with Crippen LogP contribution in [0.5, 0.6) is 0 Å². The number of fused-ring (bicyclic) bond motifs is 2. The van der Waals surface area contributed by atoms with E-state index >= 15 is 0 Å². The Balaban J connectivity index is 1.58. The molecule has 120 valence electrons. The zero-order valence-corrected chi connectivity index (χ0v) is 13.6. The molecule has 0 aliphatic carbocycles. The minimum Gasteiger partial charge on any atom is -0.303 e. The number of hydrogen-bond acceptors (Lipinski definition) is 4. The van der Waals surface area contributed by atoms with Gasteiger partial charge in [-0.2, -0.15) is 5.26 Å². The van der Waals surface area contributed by atoms with Crippen LogP contribution in [0.25, 0.3) is 5.65 Å². The van der Waals surface area contributed by atoms with E-state index in [0.29, 0.717) is 18.2 Å². The Bertz CT molecular complexity index is 921. The van der Waals surface area contributed by atoms with E-state index in [4.69, 9.17) is 5.26 Å². The van der Waals surface area contributed by atoms with E-state index < -0.39 is 0 Å². The molecule has 0 spiro atoms. The van der Waals surface area contributed by atoms with Gasteiger partial charge in [0, 0.05) is 31.9 Å². The number of pyridine rings is 1. The molecule has 0 radical (unpaired) electrons.